The minimum atomic E-state index is -0.259. The van der Waals surface area contributed by atoms with Crippen molar-refractivity contribution in [1.29, 1.82) is 0 Å². The molecular weight excluding hydrogens is 298 g/mol. The van der Waals surface area contributed by atoms with Gasteiger partial charge in [0.1, 0.15) is 6.17 Å². The van der Waals surface area contributed by atoms with Crippen LogP contribution in [-0.4, -0.2) is 31.6 Å². The van der Waals surface area contributed by atoms with Crippen LogP contribution in [0.4, 0.5) is 0 Å². The zero-order valence-corrected chi connectivity index (χ0v) is 12.9. The standard InChI is InChI=1S/C12H15N3O3S2/c1-16-7-4-6(5-8(17-2)9(7)18-3)10-13-11(19)15-12(20)14-10/h4-5,10H,1-3H3,(H3,13,14,15,19,20). The Kier molecular flexibility index (Phi) is 4.46. The molecule has 1 aromatic rings. The molecule has 1 aromatic carbocycles. The van der Waals surface area contributed by atoms with Gasteiger partial charge in [0, 0.05) is 5.56 Å². The number of methoxy groups -OCH3 is 3. The minimum Gasteiger partial charge on any atom is -0.493 e. The van der Waals surface area contributed by atoms with Gasteiger partial charge in [-0.25, -0.2) is 0 Å². The molecule has 0 atom stereocenters. The van der Waals surface area contributed by atoms with Gasteiger partial charge in [-0.05, 0) is 36.6 Å². The third-order valence-corrected chi connectivity index (χ3v) is 3.24. The van der Waals surface area contributed by atoms with Gasteiger partial charge in [-0.3, -0.25) is 0 Å². The van der Waals surface area contributed by atoms with Crippen LogP contribution in [0.5, 0.6) is 17.2 Å². The Morgan fingerprint density at radius 2 is 1.40 bits per heavy atom. The molecule has 0 saturated carbocycles. The number of hydrogen-bond donors (Lipinski definition) is 3. The Balaban J connectivity index is 2.41. The molecule has 20 heavy (non-hydrogen) atoms. The van der Waals surface area contributed by atoms with E-state index in [2.05, 4.69) is 16.0 Å². The number of hydrogen-bond acceptors (Lipinski definition) is 5. The number of ether oxygens (including phenoxy) is 3. The lowest BCUT2D eigenvalue weighted by Crippen LogP contribution is -2.56. The van der Waals surface area contributed by atoms with Crippen molar-refractivity contribution in [3.05, 3.63) is 17.7 Å². The van der Waals surface area contributed by atoms with Crippen LogP contribution in [0.3, 0.4) is 0 Å². The highest BCUT2D eigenvalue weighted by Crippen LogP contribution is 2.39. The highest BCUT2D eigenvalue weighted by molar-refractivity contribution is 7.81. The van der Waals surface area contributed by atoms with Crippen LogP contribution in [0, 0.1) is 0 Å². The Bertz CT molecular complexity index is 510. The van der Waals surface area contributed by atoms with E-state index in [0.29, 0.717) is 27.5 Å². The fraction of sp³-hybridized carbons (Fsp3) is 0.333. The van der Waals surface area contributed by atoms with E-state index >= 15 is 0 Å². The van der Waals surface area contributed by atoms with Crippen molar-refractivity contribution in [2.45, 2.75) is 6.17 Å². The molecular formula is C12H15N3O3S2. The smallest absolute Gasteiger partial charge is 0.203 e. The second-order valence-electron chi connectivity index (χ2n) is 3.96. The van der Waals surface area contributed by atoms with E-state index < -0.39 is 0 Å². The van der Waals surface area contributed by atoms with Gasteiger partial charge in [0.25, 0.3) is 0 Å². The highest BCUT2D eigenvalue weighted by Gasteiger charge is 2.23. The fourth-order valence-electron chi connectivity index (χ4n) is 1.91. The first kappa shape index (κ1) is 14.6. The van der Waals surface area contributed by atoms with Crippen LogP contribution < -0.4 is 30.2 Å². The summed E-state index contributed by atoms with van der Waals surface area (Å²) in [6.07, 6.45) is -0.259. The van der Waals surface area contributed by atoms with Gasteiger partial charge in [-0.1, -0.05) is 0 Å². The monoisotopic (exact) mass is 313 g/mol. The van der Waals surface area contributed by atoms with Crippen molar-refractivity contribution < 1.29 is 14.2 Å². The summed E-state index contributed by atoms with van der Waals surface area (Å²) in [7, 11) is 4.70. The third kappa shape index (κ3) is 2.86. The molecule has 1 saturated heterocycles. The predicted octanol–water partition coefficient (Wildman–Crippen LogP) is 1.06. The Labute approximate surface area is 127 Å². The van der Waals surface area contributed by atoms with Crippen molar-refractivity contribution in [2.75, 3.05) is 21.3 Å². The normalized spacial score (nSPS) is 14.9. The topological polar surface area (TPSA) is 63.8 Å². The second-order valence-corrected chi connectivity index (χ2v) is 4.78. The van der Waals surface area contributed by atoms with Crippen molar-refractivity contribution in [2.24, 2.45) is 0 Å². The van der Waals surface area contributed by atoms with E-state index in [9.17, 15) is 0 Å². The highest BCUT2D eigenvalue weighted by atomic mass is 32.1. The summed E-state index contributed by atoms with van der Waals surface area (Å²) < 4.78 is 15.9. The van der Waals surface area contributed by atoms with E-state index in [1.165, 1.54) is 0 Å². The molecule has 1 heterocycles. The summed E-state index contributed by atoms with van der Waals surface area (Å²) in [4.78, 5) is 0. The molecule has 1 aliphatic rings. The molecule has 0 spiro atoms. The lowest BCUT2D eigenvalue weighted by atomic mass is 10.1. The second kappa shape index (κ2) is 6.10. The molecule has 0 unspecified atom stereocenters. The average molecular weight is 313 g/mol. The summed E-state index contributed by atoms with van der Waals surface area (Å²) in [6, 6.07) is 3.67. The molecule has 2 rings (SSSR count). The Morgan fingerprint density at radius 1 is 0.900 bits per heavy atom. The van der Waals surface area contributed by atoms with Gasteiger partial charge < -0.3 is 30.2 Å². The molecule has 0 aliphatic carbocycles. The lowest BCUT2D eigenvalue weighted by molar-refractivity contribution is 0.323. The molecule has 1 aliphatic heterocycles. The first-order valence-corrected chi connectivity index (χ1v) is 6.58. The van der Waals surface area contributed by atoms with Gasteiger partial charge in [-0.15, -0.1) is 0 Å². The van der Waals surface area contributed by atoms with Gasteiger partial charge in [0.05, 0.1) is 21.3 Å². The number of thiocarbonyl (C=S) groups is 2. The van der Waals surface area contributed by atoms with E-state index in [1.807, 2.05) is 12.1 Å². The predicted molar refractivity (Wildman–Crippen MR) is 83.4 cm³/mol. The van der Waals surface area contributed by atoms with E-state index in [-0.39, 0.29) is 6.17 Å². The first-order chi connectivity index (χ1) is 9.58. The van der Waals surface area contributed by atoms with Crippen molar-refractivity contribution in [3.63, 3.8) is 0 Å². The van der Waals surface area contributed by atoms with Crippen LogP contribution in [0.2, 0.25) is 0 Å². The van der Waals surface area contributed by atoms with Crippen LogP contribution >= 0.6 is 24.4 Å². The van der Waals surface area contributed by atoms with Gasteiger partial charge in [-0.2, -0.15) is 0 Å². The first-order valence-electron chi connectivity index (χ1n) is 5.77. The van der Waals surface area contributed by atoms with Gasteiger partial charge >= 0.3 is 0 Å². The summed E-state index contributed by atoms with van der Waals surface area (Å²) in [5.74, 6) is 1.68. The molecule has 6 nitrogen and oxygen atoms in total. The molecule has 1 fully saturated rings. The van der Waals surface area contributed by atoms with Gasteiger partial charge in [0.15, 0.2) is 21.7 Å². The van der Waals surface area contributed by atoms with E-state index in [1.54, 1.807) is 21.3 Å². The molecule has 8 heteroatoms. The summed E-state index contributed by atoms with van der Waals surface area (Å²) in [5.41, 5.74) is 0.866. The van der Waals surface area contributed by atoms with Crippen molar-refractivity contribution >= 4 is 34.7 Å². The van der Waals surface area contributed by atoms with Crippen molar-refractivity contribution in [1.82, 2.24) is 16.0 Å². The molecule has 3 N–H and O–H groups in total. The summed E-state index contributed by atoms with van der Waals surface area (Å²) in [5, 5.41) is 9.89. The van der Waals surface area contributed by atoms with Crippen LogP contribution in [-0.2, 0) is 0 Å². The third-order valence-electron chi connectivity index (χ3n) is 2.80. The Morgan fingerprint density at radius 3 is 1.80 bits per heavy atom. The number of benzene rings is 1. The maximum atomic E-state index is 5.32. The zero-order chi connectivity index (χ0) is 14.7. The molecule has 0 radical (unpaired) electrons. The molecule has 0 bridgehead atoms. The lowest BCUT2D eigenvalue weighted by Gasteiger charge is -2.29. The van der Waals surface area contributed by atoms with Gasteiger partial charge in [0.2, 0.25) is 5.75 Å². The quantitative estimate of drug-likeness (QED) is 0.713. The summed E-state index contributed by atoms with van der Waals surface area (Å²) >= 11 is 10.2. The number of nitrogens with one attached hydrogen (secondary N) is 3. The van der Waals surface area contributed by atoms with Crippen LogP contribution in [0.15, 0.2) is 12.1 Å². The van der Waals surface area contributed by atoms with E-state index in [4.69, 9.17) is 38.6 Å². The fourth-order valence-corrected chi connectivity index (χ4v) is 2.41. The zero-order valence-electron chi connectivity index (χ0n) is 11.3. The molecule has 0 amide bonds. The maximum Gasteiger partial charge on any atom is 0.203 e. The van der Waals surface area contributed by atoms with Crippen LogP contribution in [0.1, 0.15) is 11.7 Å². The molecule has 108 valence electrons. The molecule has 0 aromatic heterocycles. The minimum absolute atomic E-state index is 0.259. The summed E-state index contributed by atoms with van der Waals surface area (Å²) in [6.45, 7) is 0. The van der Waals surface area contributed by atoms with Crippen molar-refractivity contribution in [3.8, 4) is 17.2 Å². The van der Waals surface area contributed by atoms with E-state index in [0.717, 1.165) is 5.56 Å². The maximum absolute atomic E-state index is 5.32. The average Bonchev–Trinajstić information content (AvgIpc) is 2.44. The number of rotatable bonds is 4. The largest absolute Gasteiger partial charge is 0.493 e. The van der Waals surface area contributed by atoms with Crippen LogP contribution in [0.25, 0.3) is 0 Å². The SMILES string of the molecule is COc1cc(C2NC(=S)NC(=S)N2)cc(OC)c1OC. The Hall–Kier alpha value is -1.80.